The Kier molecular flexibility index (Phi) is 9.22. The third kappa shape index (κ3) is 7.64. The molecule has 0 radical (unpaired) electrons. The number of aliphatic imine (C=N–C) groups is 1. The van der Waals surface area contributed by atoms with Crippen LogP contribution in [0.2, 0.25) is 0 Å². The number of aryl methyl sites for hydroxylation is 1. The SMILES string of the molecule is CCN(C)/C=N/c1cc([N+](=O)[O-])c(C)cc1NC/C(COc1cccc(C(F)(F)F)c1)=N/OC. The fourth-order valence-corrected chi connectivity index (χ4v) is 2.74. The zero-order chi connectivity index (χ0) is 25.3. The second-order valence-electron chi connectivity index (χ2n) is 7.24. The molecule has 34 heavy (non-hydrogen) atoms. The molecule has 0 aromatic heterocycles. The van der Waals surface area contributed by atoms with Gasteiger partial charge in [0, 0.05) is 25.2 Å². The largest absolute Gasteiger partial charge is 0.487 e. The Morgan fingerprint density at radius 2 is 2.03 bits per heavy atom. The highest BCUT2D eigenvalue weighted by atomic mass is 19.4. The van der Waals surface area contributed by atoms with Crippen LogP contribution in [-0.4, -0.2) is 55.7 Å². The topological polar surface area (TPSA) is 102 Å². The van der Waals surface area contributed by atoms with E-state index >= 15 is 0 Å². The molecule has 2 rings (SSSR count). The fourth-order valence-electron chi connectivity index (χ4n) is 2.74. The van der Waals surface area contributed by atoms with Crippen molar-refractivity contribution in [2.24, 2.45) is 10.1 Å². The van der Waals surface area contributed by atoms with Crippen LogP contribution in [0.3, 0.4) is 0 Å². The van der Waals surface area contributed by atoms with Gasteiger partial charge in [0.15, 0.2) is 0 Å². The normalized spacial score (nSPS) is 12.0. The van der Waals surface area contributed by atoms with Crippen molar-refractivity contribution in [2.45, 2.75) is 20.0 Å². The zero-order valence-corrected chi connectivity index (χ0v) is 19.2. The lowest BCUT2D eigenvalue weighted by Gasteiger charge is -2.14. The molecule has 0 saturated carbocycles. The van der Waals surface area contributed by atoms with E-state index in [1.165, 1.54) is 25.3 Å². The molecule has 0 amide bonds. The summed E-state index contributed by atoms with van der Waals surface area (Å²) in [5.41, 5.74) is 0.724. The third-order valence-corrected chi connectivity index (χ3v) is 4.67. The average Bonchev–Trinajstić information content (AvgIpc) is 2.79. The summed E-state index contributed by atoms with van der Waals surface area (Å²) in [5, 5.41) is 18.3. The molecule has 0 aliphatic rings. The minimum absolute atomic E-state index is 0.0256. The number of alkyl halides is 3. The minimum Gasteiger partial charge on any atom is -0.487 e. The molecule has 0 atom stereocenters. The van der Waals surface area contributed by atoms with Crippen LogP contribution in [0.25, 0.3) is 0 Å². The Bertz CT molecular complexity index is 1060. The molecule has 2 aromatic carbocycles. The molecular formula is C22H26F3N5O4. The van der Waals surface area contributed by atoms with E-state index < -0.39 is 16.7 Å². The number of halogens is 3. The number of benzene rings is 2. The molecule has 12 heteroatoms. The number of rotatable bonds is 11. The molecule has 2 aromatic rings. The Morgan fingerprint density at radius 3 is 2.65 bits per heavy atom. The van der Waals surface area contributed by atoms with E-state index in [0.29, 0.717) is 29.2 Å². The zero-order valence-electron chi connectivity index (χ0n) is 19.2. The lowest BCUT2D eigenvalue weighted by Crippen LogP contribution is -2.22. The van der Waals surface area contributed by atoms with Crippen LogP contribution >= 0.6 is 0 Å². The lowest BCUT2D eigenvalue weighted by atomic mass is 10.1. The van der Waals surface area contributed by atoms with Crippen LogP contribution in [0.5, 0.6) is 5.75 Å². The van der Waals surface area contributed by atoms with E-state index in [0.717, 1.165) is 12.1 Å². The summed E-state index contributed by atoms with van der Waals surface area (Å²) in [6, 6.07) is 7.46. The molecule has 184 valence electrons. The highest BCUT2D eigenvalue weighted by Crippen LogP contribution is 2.33. The van der Waals surface area contributed by atoms with E-state index in [9.17, 15) is 23.3 Å². The number of nitro benzene ring substituents is 1. The Morgan fingerprint density at radius 1 is 1.29 bits per heavy atom. The van der Waals surface area contributed by atoms with Gasteiger partial charge >= 0.3 is 6.18 Å². The van der Waals surface area contributed by atoms with Gasteiger partial charge in [-0.1, -0.05) is 11.2 Å². The number of anilines is 1. The predicted octanol–water partition coefficient (Wildman–Crippen LogP) is 5.03. The van der Waals surface area contributed by atoms with E-state index in [1.807, 2.05) is 14.0 Å². The number of ether oxygens (including phenoxy) is 1. The van der Waals surface area contributed by atoms with Crippen LogP contribution in [0.4, 0.5) is 30.2 Å². The molecule has 0 unspecified atom stereocenters. The number of nitro groups is 1. The number of nitrogens with one attached hydrogen (secondary N) is 1. The Balaban J connectivity index is 2.20. The van der Waals surface area contributed by atoms with Gasteiger partial charge in [0.05, 0.1) is 34.7 Å². The minimum atomic E-state index is -4.49. The second-order valence-corrected chi connectivity index (χ2v) is 7.24. The van der Waals surface area contributed by atoms with Crippen molar-refractivity contribution < 1.29 is 27.7 Å². The van der Waals surface area contributed by atoms with E-state index in [1.54, 1.807) is 24.2 Å². The van der Waals surface area contributed by atoms with Crippen molar-refractivity contribution in [1.82, 2.24) is 4.90 Å². The van der Waals surface area contributed by atoms with Crippen molar-refractivity contribution >= 4 is 29.1 Å². The van der Waals surface area contributed by atoms with Crippen molar-refractivity contribution in [2.75, 3.05) is 39.2 Å². The number of hydrogen-bond acceptors (Lipinski definition) is 7. The summed E-state index contributed by atoms with van der Waals surface area (Å²) >= 11 is 0. The molecule has 9 nitrogen and oxygen atoms in total. The van der Waals surface area contributed by atoms with E-state index in [4.69, 9.17) is 9.57 Å². The van der Waals surface area contributed by atoms with Gasteiger partial charge in [-0.2, -0.15) is 13.2 Å². The van der Waals surface area contributed by atoms with Gasteiger partial charge in [0.1, 0.15) is 25.2 Å². The van der Waals surface area contributed by atoms with Crippen molar-refractivity contribution in [3.63, 3.8) is 0 Å². The van der Waals surface area contributed by atoms with Crippen LogP contribution in [0, 0.1) is 17.0 Å². The summed E-state index contributed by atoms with van der Waals surface area (Å²) in [5.74, 6) is 0.0256. The van der Waals surface area contributed by atoms with Gasteiger partial charge in [-0.05, 0) is 38.1 Å². The van der Waals surface area contributed by atoms with Gasteiger partial charge in [-0.25, -0.2) is 4.99 Å². The summed E-state index contributed by atoms with van der Waals surface area (Å²) < 4.78 is 44.2. The summed E-state index contributed by atoms with van der Waals surface area (Å²) in [4.78, 5) is 21.8. The first-order chi connectivity index (χ1) is 16.0. The number of hydrogen-bond donors (Lipinski definition) is 1. The molecule has 0 spiro atoms. The van der Waals surface area contributed by atoms with Gasteiger partial charge < -0.3 is 19.8 Å². The smallest absolute Gasteiger partial charge is 0.416 e. The summed E-state index contributed by atoms with van der Waals surface area (Å²) in [6.45, 7) is 4.18. The predicted molar refractivity (Wildman–Crippen MR) is 124 cm³/mol. The number of oxime groups is 1. The first kappa shape index (κ1) is 26.4. The van der Waals surface area contributed by atoms with Crippen molar-refractivity contribution in [3.8, 4) is 5.75 Å². The molecule has 0 saturated heterocycles. The standard InChI is InChI=1S/C22H26F3N5O4/c1-5-29(3)14-27-20-11-21(30(31)32)15(2)9-19(20)26-12-17(28-33-4)13-34-18-8-6-7-16(10-18)22(23,24)25/h6-11,14,26H,5,12-13H2,1-4H3/b27-14+,28-17-. The molecule has 0 heterocycles. The number of nitrogens with zero attached hydrogens (tertiary/aromatic N) is 4. The van der Waals surface area contributed by atoms with E-state index in [-0.39, 0.29) is 24.6 Å². The van der Waals surface area contributed by atoms with Gasteiger partial charge in [-0.3, -0.25) is 10.1 Å². The second kappa shape index (κ2) is 11.9. The third-order valence-electron chi connectivity index (χ3n) is 4.67. The highest BCUT2D eigenvalue weighted by Gasteiger charge is 2.30. The first-order valence-electron chi connectivity index (χ1n) is 10.2. The quantitative estimate of drug-likeness (QED) is 0.209. The van der Waals surface area contributed by atoms with Gasteiger partial charge in [-0.15, -0.1) is 0 Å². The summed E-state index contributed by atoms with van der Waals surface area (Å²) in [6.07, 6.45) is -2.93. The Hall–Kier alpha value is -3.83. The molecular weight excluding hydrogens is 455 g/mol. The highest BCUT2D eigenvalue weighted by molar-refractivity contribution is 5.90. The van der Waals surface area contributed by atoms with Gasteiger partial charge in [0.2, 0.25) is 0 Å². The maximum atomic E-state index is 12.9. The van der Waals surface area contributed by atoms with Crippen LogP contribution < -0.4 is 10.1 Å². The first-order valence-corrected chi connectivity index (χ1v) is 10.2. The van der Waals surface area contributed by atoms with Crippen molar-refractivity contribution in [1.29, 1.82) is 0 Å². The van der Waals surface area contributed by atoms with Crippen LogP contribution in [0.1, 0.15) is 18.1 Å². The lowest BCUT2D eigenvalue weighted by molar-refractivity contribution is -0.385. The maximum Gasteiger partial charge on any atom is 0.416 e. The average molecular weight is 481 g/mol. The molecule has 0 aliphatic heterocycles. The summed E-state index contributed by atoms with van der Waals surface area (Å²) in [7, 11) is 3.14. The van der Waals surface area contributed by atoms with Gasteiger partial charge in [0.25, 0.3) is 5.69 Å². The van der Waals surface area contributed by atoms with Crippen LogP contribution in [0.15, 0.2) is 46.5 Å². The molecule has 0 fully saturated rings. The Labute approximate surface area is 195 Å². The monoisotopic (exact) mass is 481 g/mol. The molecule has 1 N–H and O–H groups in total. The molecule has 0 bridgehead atoms. The van der Waals surface area contributed by atoms with Crippen molar-refractivity contribution in [3.05, 3.63) is 57.6 Å². The van der Waals surface area contributed by atoms with Crippen LogP contribution in [-0.2, 0) is 11.0 Å². The fraction of sp³-hybridized carbons (Fsp3) is 0.364. The maximum absolute atomic E-state index is 12.9. The molecule has 0 aliphatic carbocycles. The van der Waals surface area contributed by atoms with E-state index in [2.05, 4.69) is 15.5 Å².